The van der Waals surface area contributed by atoms with Crippen molar-refractivity contribution in [1.29, 1.82) is 5.26 Å². The van der Waals surface area contributed by atoms with Crippen LogP contribution in [0.2, 0.25) is 0 Å². The van der Waals surface area contributed by atoms with Gasteiger partial charge in [0, 0.05) is 19.6 Å². The summed E-state index contributed by atoms with van der Waals surface area (Å²) in [6.07, 6.45) is 0. The second-order valence-electron chi connectivity index (χ2n) is 4.40. The maximum absolute atomic E-state index is 8.78. The van der Waals surface area contributed by atoms with Crippen molar-refractivity contribution in [3.63, 3.8) is 0 Å². The Morgan fingerprint density at radius 1 is 1.33 bits per heavy atom. The van der Waals surface area contributed by atoms with E-state index in [1.54, 1.807) is 0 Å². The van der Waals surface area contributed by atoms with Crippen LogP contribution in [0.25, 0.3) is 0 Å². The summed E-state index contributed by atoms with van der Waals surface area (Å²) < 4.78 is 5.47. The van der Waals surface area contributed by atoms with Crippen molar-refractivity contribution in [3.8, 4) is 6.07 Å². The molecule has 0 saturated heterocycles. The summed E-state index contributed by atoms with van der Waals surface area (Å²) in [5.74, 6) is 0. The molecule has 0 spiro atoms. The van der Waals surface area contributed by atoms with Gasteiger partial charge in [0.25, 0.3) is 0 Å². The number of nitrogens with one attached hydrogen (secondary N) is 1. The number of ether oxygens (including phenoxy) is 1. The van der Waals surface area contributed by atoms with Crippen LogP contribution in [0, 0.1) is 11.3 Å². The van der Waals surface area contributed by atoms with Crippen LogP contribution in [0.3, 0.4) is 0 Å². The van der Waals surface area contributed by atoms with Crippen molar-refractivity contribution in [2.24, 2.45) is 0 Å². The molecule has 0 radical (unpaired) electrons. The Morgan fingerprint density at radius 2 is 2.17 bits per heavy atom. The second kappa shape index (κ2) is 8.65. The van der Waals surface area contributed by atoms with E-state index in [0.717, 1.165) is 31.8 Å². The molecular weight excluding hydrogens is 226 g/mol. The summed E-state index contributed by atoms with van der Waals surface area (Å²) in [6.45, 7) is 4.02. The highest BCUT2D eigenvalue weighted by Gasteiger charge is 1.95. The predicted octanol–water partition coefficient (Wildman–Crippen LogP) is 1.23. The first-order valence-corrected chi connectivity index (χ1v) is 6.14. The minimum atomic E-state index is 0.705. The van der Waals surface area contributed by atoms with E-state index in [1.807, 2.05) is 38.4 Å². The van der Waals surface area contributed by atoms with Crippen LogP contribution in [0.5, 0.6) is 0 Å². The molecule has 4 heteroatoms. The minimum Gasteiger partial charge on any atom is -0.379 e. The van der Waals surface area contributed by atoms with Crippen molar-refractivity contribution in [1.82, 2.24) is 10.2 Å². The Morgan fingerprint density at radius 3 is 2.89 bits per heavy atom. The van der Waals surface area contributed by atoms with Crippen molar-refractivity contribution in [3.05, 3.63) is 35.4 Å². The molecule has 0 fully saturated rings. The summed E-state index contributed by atoms with van der Waals surface area (Å²) in [5, 5.41) is 12.1. The first-order chi connectivity index (χ1) is 8.72. The molecule has 4 nitrogen and oxygen atoms in total. The molecule has 0 aromatic heterocycles. The van der Waals surface area contributed by atoms with Gasteiger partial charge in [-0.25, -0.2) is 0 Å². The molecule has 0 unspecified atom stereocenters. The van der Waals surface area contributed by atoms with E-state index >= 15 is 0 Å². The largest absolute Gasteiger partial charge is 0.379 e. The van der Waals surface area contributed by atoms with Crippen LogP contribution in [-0.2, 0) is 11.3 Å². The van der Waals surface area contributed by atoms with E-state index in [9.17, 15) is 0 Å². The van der Waals surface area contributed by atoms with Gasteiger partial charge in [0.2, 0.25) is 0 Å². The maximum Gasteiger partial charge on any atom is 0.0991 e. The van der Waals surface area contributed by atoms with Crippen LogP contribution >= 0.6 is 0 Å². The third kappa shape index (κ3) is 6.36. The Kier molecular flexibility index (Phi) is 7.04. The molecular formula is C14H21N3O. The number of hydrogen-bond acceptors (Lipinski definition) is 4. The van der Waals surface area contributed by atoms with Crippen molar-refractivity contribution in [2.75, 3.05) is 40.4 Å². The molecule has 0 heterocycles. The molecule has 0 saturated carbocycles. The van der Waals surface area contributed by atoms with Gasteiger partial charge in [-0.05, 0) is 31.8 Å². The zero-order chi connectivity index (χ0) is 13.2. The zero-order valence-electron chi connectivity index (χ0n) is 11.1. The Balaban J connectivity index is 2.09. The molecule has 0 aliphatic heterocycles. The fraction of sp³-hybridized carbons (Fsp3) is 0.500. The molecule has 0 bridgehead atoms. The van der Waals surface area contributed by atoms with Crippen LogP contribution in [0.1, 0.15) is 11.1 Å². The molecule has 0 amide bonds. The summed E-state index contributed by atoms with van der Waals surface area (Å²) in [4.78, 5) is 2.10. The molecule has 0 aliphatic rings. The lowest BCUT2D eigenvalue weighted by molar-refractivity contribution is 0.119. The van der Waals surface area contributed by atoms with Gasteiger partial charge in [0.1, 0.15) is 0 Å². The van der Waals surface area contributed by atoms with Crippen LogP contribution in [0.15, 0.2) is 24.3 Å². The molecule has 98 valence electrons. The predicted molar refractivity (Wildman–Crippen MR) is 72.2 cm³/mol. The number of rotatable bonds is 8. The average molecular weight is 247 g/mol. The van der Waals surface area contributed by atoms with Crippen LogP contribution in [-0.4, -0.2) is 45.3 Å². The Labute approximate surface area is 109 Å². The van der Waals surface area contributed by atoms with Gasteiger partial charge in [0.05, 0.1) is 24.8 Å². The maximum atomic E-state index is 8.78. The van der Waals surface area contributed by atoms with Gasteiger partial charge in [0.15, 0.2) is 0 Å². The van der Waals surface area contributed by atoms with Gasteiger partial charge in [-0.1, -0.05) is 12.1 Å². The number of hydrogen-bond donors (Lipinski definition) is 1. The van der Waals surface area contributed by atoms with Crippen molar-refractivity contribution in [2.45, 2.75) is 6.54 Å². The SMILES string of the molecule is CN(C)CCOCCNCc1cccc(C#N)c1. The topological polar surface area (TPSA) is 48.3 Å². The molecule has 18 heavy (non-hydrogen) atoms. The lowest BCUT2D eigenvalue weighted by Gasteiger charge is -2.10. The first-order valence-electron chi connectivity index (χ1n) is 6.14. The molecule has 1 aromatic carbocycles. The quantitative estimate of drug-likeness (QED) is 0.702. The highest BCUT2D eigenvalue weighted by molar-refractivity contribution is 5.32. The fourth-order valence-corrected chi connectivity index (χ4v) is 1.48. The highest BCUT2D eigenvalue weighted by Crippen LogP contribution is 2.03. The molecule has 1 rings (SSSR count). The third-order valence-electron chi connectivity index (χ3n) is 2.49. The van der Waals surface area contributed by atoms with Crippen molar-refractivity contribution < 1.29 is 4.74 Å². The minimum absolute atomic E-state index is 0.705. The summed E-state index contributed by atoms with van der Waals surface area (Å²) in [7, 11) is 4.06. The number of likely N-dealkylation sites (N-methyl/N-ethyl adjacent to an activating group) is 1. The molecule has 1 N–H and O–H groups in total. The lowest BCUT2D eigenvalue weighted by atomic mass is 10.1. The van der Waals surface area contributed by atoms with Gasteiger partial charge < -0.3 is 15.0 Å². The Bertz CT molecular complexity index is 385. The molecule has 1 aromatic rings. The van der Waals surface area contributed by atoms with Gasteiger partial charge >= 0.3 is 0 Å². The standard InChI is InChI=1S/C14H21N3O/c1-17(2)7-9-18-8-6-16-12-14-5-3-4-13(10-14)11-15/h3-5,10,16H,6-9,12H2,1-2H3. The van der Waals surface area contributed by atoms with Crippen LogP contribution < -0.4 is 5.32 Å². The van der Waals surface area contributed by atoms with E-state index in [1.165, 1.54) is 0 Å². The first kappa shape index (κ1) is 14.7. The summed E-state index contributed by atoms with van der Waals surface area (Å²) in [5.41, 5.74) is 1.83. The monoisotopic (exact) mass is 247 g/mol. The normalized spacial score (nSPS) is 10.6. The smallest absolute Gasteiger partial charge is 0.0991 e. The second-order valence-corrected chi connectivity index (χ2v) is 4.40. The van der Waals surface area contributed by atoms with E-state index < -0.39 is 0 Å². The van der Waals surface area contributed by atoms with E-state index in [0.29, 0.717) is 12.2 Å². The van der Waals surface area contributed by atoms with E-state index in [4.69, 9.17) is 10.00 Å². The number of nitrogens with zero attached hydrogens (tertiary/aromatic N) is 2. The number of nitriles is 1. The Hall–Kier alpha value is -1.41. The molecule has 0 aliphatic carbocycles. The summed E-state index contributed by atoms with van der Waals surface area (Å²) in [6, 6.07) is 9.78. The molecule has 0 atom stereocenters. The zero-order valence-corrected chi connectivity index (χ0v) is 11.1. The van der Waals surface area contributed by atoms with Gasteiger partial charge in [-0.15, -0.1) is 0 Å². The highest BCUT2D eigenvalue weighted by atomic mass is 16.5. The number of benzene rings is 1. The lowest BCUT2D eigenvalue weighted by Crippen LogP contribution is -2.23. The van der Waals surface area contributed by atoms with Crippen molar-refractivity contribution >= 4 is 0 Å². The van der Waals surface area contributed by atoms with Gasteiger partial charge in [-0.2, -0.15) is 5.26 Å². The third-order valence-corrected chi connectivity index (χ3v) is 2.49. The summed E-state index contributed by atoms with van der Waals surface area (Å²) >= 11 is 0. The van der Waals surface area contributed by atoms with Gasteiger partial charge in [-0.3, -0.25) is 0 Å². The van der Waals surface area contributed by atoms with Crippen LogP contribution in [0.4, 0.5) is 0 Å². The average Bonchev–Trinajstić information content (AvgIpc) is 2.37. The van der Waals surface area contributed by atoms with E-state index in [-0.39, 0.29) is 0 Å². The van der Waals surface area contributed by atoms with E-state index in [2.05, 4.69) is 16.3 Å². The fourth-order valence-electron chi connectivity index (χ4n) is 1.48.